The molecule has 144 valence electrons. The average molecular weight is 382 g/mol. The van der Waals surface area contributed by atoms with Gasteiger partial charge in [-0.15, -0.1) is 0 Å². The van der Waals surface area contributed by atoms with Crippen LogP contribution in [0.4, 0.5) is 5.69 Å². The summed E-state index contributed by atoms with van der Waals surface area (Å²) in [7, 11) is 4.47. The van der Waals surface area contributed by atoms with Crippen LogP contribution in [0.5, 0.6) is 17.2 Å². The van der Waals surface area contributed by atoms with E-state index < -0.39 is 4.92 Å². The van der Waals surface area contributed by atoms with Crippen LogP contribution in [0.25, 0.3) is 22.0 Å². The zero-order valence-electron chi connectivity index (χ0n) is 15.6. The van der Waals surface area contributed by atoms with Crippen molar-refractivity contribution in [2.24, 2.45) is 0 Å². The molecular formula is C20H18N2O6. The second kappa shape index (κ2) is 6.56. The molecule has 0 N–H and O–H groups in total. The van der Waals surface area contributed by atoms with Gasteiger partial charge in [0.25, 0.3) is 5.56 Å². The monoisotopic (exact) mass is 382 g/mol. The van der Waals surface area contributed by atoms with Crippen molar-refractivity contribution < 1.29 is 19.1 Å². The number of hydrogen-bond acceptors (Lipinski definition) is 6. The fourth-order valence-electron chi connectivity index (χ4n) is 3.79. The second-order valence-electron chi connectivity index (χ2n) is 6.44. The third-order valence-corrected chi connectivity index (χ3v) is 5.10. The van der Waals surface area contributed by atoms with Crippen LogP contribution in [0.1, 0.15) is 5.56 Å². The molecule has 0 fully saturated rings. The summed E-state index contributed by atoms with van der Waals surface area (Å²) in [5.41, 5.74) is 2.12. The van der Waals surface area contributed by atoms with E-state index >= 15 is 0 Å². The first kappa shape index (κ1) is 17.8. The van der Waals surface area contributed by atoms with Crippen molar-refractivity contribution in [2.75, 3.05) is 21.3 Å². The van der Waals surface area contributed by atoms with Crippen LogP contribution in [0.3, 0.4) is 0 Å². The molecule has 0 unspecified atom stereocenters. The van der Waals surface area contributed by atoms with Crippen molar-refractivity contribution in [2.45, 2.75) is 13.0 Å². The van der Waals surface area contributed by atoms with Crippen molar-refractivity contribution in [3.8, 4) is 28.5 Å². The van der Waals surface area contributed by atoms with Gasteiger partial charge in [0.2, 0.25) is 5.75 Å². The summed E-state index contributed by atoms with van der Waals surface area (Å²) in [4.78, 5) is 24.0. The number of ether oxygens (including phenoxy) is 3. The Labute approximate surface area is 160 Å². The van der Waals surface area contributed by atoms with Gasteiger partial charge in [0.1, 0.15) is 0 Å². The third-order valence-electron chi connectivity index (χ3n) is 5.10. The normalized spacial score (nSPS) is 12.2. The molecule has 8 nitrogen and oxygen atoms in total. The molecule has 0 atom stereocenters. The van der Waals surface area contributed by atoms with E-state index in [2.05, 4.69) is 0 Å². The predicted molar refractivity (Wildman–Crippen MR) is 104 cm³/mol. The highest BCUT2D eigenvalue weighted by Crippen LogP contribution is 2.40. The fraction of sp³-hybridized carbons (Fsp3) is 0.250. The maximum atomic E-state index is 13.2. The van der Waals surface area contributed by atoms with Gasteiger partial charge in [-0.3, -0.25) is 14.9 Å². The van der Waals surface area contributed by atoms with Crippen molar-refractivity contribution in [1.82, 2.24) is 4.57 Å². The molecule has 8 heteroatoms. The van der Waals surface area contributed by atoms with Crippen molar-refractivity contribution in [3.05, 3.63) is 56.4 Å². The Morgan fingerprint density at radius 3 is 2.39 bits per heavy atom. The minimum atomic E-state index is -0.547. The number of nitro groups is 1. The number of nitro benzene ring substituents is 1. The van der Waals surface area contributed by atoms with Crippen LogP contribution < -0.4 is 19.8 Å². The van der Waals surface area contributed by atoms with Gasteiger partial charge in [-0.05, 0) is 41.6 Å². The summed E-state index contributed by atoms with van der Waals surface area (Å²) in [5, 5.41) is 12.1. The summed E-state index contributed by atoms with van der Waals surface area (Å²) in [6, 6.07) is 8.56. The summed E-state index contributed by atoms with van der Waals surface area (Å²) >= 11 is 0. The highest BCUT2D eigenvalue weighted by Gasteiger charge is 2.26. The molecule has 3 aromatic rings. The van der Waals surface area contributed by atoms with Gasteiger partial charge in [0.15, 0.2) is 11.5 Å². The number of nitrogens with zero attached hydrogens (tertiary/aromatic N) is 2. The molecule has 0 saturated heterocycles. The lowest BCUT2D eigenvalue weighted by molar-refractivity contribution is -0.385. The minimum absolute atomic E-state index is 0.0130. The number of hydrogen-bond donors (Lipinski definition) is 0. The summed E-state index contributed by atoms with van der Waals surface area (Å²) in [5.74, 6) is 1.19. The molecule has 2 aromatic carbocycles. The van der Waals surface area contributed by atoms with E-state index in [-0.39, 0.29) is 22.4 Å². The lowest BCUT2D eigenvalue weighted by Gasteiger charge is -2.24. The fourth-order valence-corrected chi connectivity index (χ4v) is 3.79. The standard InChI is InChI=1S/C20H18N2O6/c1-26-16-9-11-6-7-21-15(13(11)10-17(16)27-2)8-12-4-5-14(22(24)25)19(28-3)18(12)20(21)23/h4-5,8-10H,6-7H2,1-3H3. The van der Waals surface area contributed by atoms with Gasteiger partial charge in [-0.25, -0.2) is 0 Å². The minimum Gasteiger partial charge on any atom is -0.493 e. The molecule has 28 heavy (non-hydrogen) atoms. The highest BCUT2D eigenvalue weighted by atomic mass is 16.6. The molecule has 1 aliphatic rings. The van der Waals surface area contributed by atoms with Crippen molar-refractivity contribution in [1.29, 1.82) is 0 Å². The summed E-state index contributed by atoms with van der Waals surface area (Å²) in [6.45, 7) is 0.457. The molecule has 4 rings (SSSR count). The Morgan fingerprint density at radius 1 is 1.04 bits per heavy atom. The van der Waals surface area contributed by atoms with E-state index in [1.165, 1.54) is 13.2 Å². The number of rotatable bonds is 4. The number of methoxy groups -OCH3 is 3. The number of aromatic nitrogens is 1. The first-order valence-corrected chi connectivity index (χ1v) is 8.64. The average Bonchev–Trinajstić information content (AvgIpc) is 2.71. The Balaban J connectivity index is 2.05. The van der Waals surface area contributed by atoms with Gasteiger partial charge in [0, 0.05) is 18.2 Å². The van der Waals surface area contributed by atoms with E-state index in [0.29, 0.717) is 29.9 Å². The maximum Gasteiger partial charge on any atom is 0.311 e. The lowest BCUT2D eigenvalue weighted by atomic mass is 9.95. The molecule has 0 saturated carbocycles. The van der Waals surface area contributed by atoms with Crippen LogP contribution in [0.2, 0.25) is 0 Å². The van der Waals surface area contributed by atoms with E-state index in [9.17, 15) is 14.9 Å². The van der Waals surface area contributed by atoms with E-state index in [1.807, 2.05) is 18.2 Å². The summed E-state index contributed by atoms with van der Waals surface area (Å²) in [6.07, 6.45) is 0.630. The second-order valence-corrected chi connectivity index (χ2v) is 6.44. The topological polar surface area (TPSA) is 92.8 Å². The maximum absolute atomic E-state index is 13.2. The molecule has 0 bridgehead atoms. The Bertz CT molecular complexity index is 1180. The van der Waals surface area contributed by atoms with Crippen molar-refractivity contribution >= 4 is 16.5 Å². The van der Waals surface area contributed by atoms with E-state index in [4.69, 9.17) is 14.2 Å². The van der Waals surface area contributed by atoms with Gasteiger partial charge < -0.3 is 18.8 Å². The zero-order valence-corrected chi connectivity index (χ0v) is 15.6. The highest BCUT2D eigenvalue weighted by molar-refractivity contribution is 5.94. The summed E-state index contributed by atoms with van der Waals surface area (Å²) < 4.78 is 17.6. The van der Waals surface area contributed by atoms with Crippen LogP contribution >= 0.6 is 0 Å². The Hall–Kier alpha value is -3.55. The van der Waals surface area contributed by atoms with E-state index in [0.717, 1.165) is 16.8 Å². The number of aryl methyl sites for hydroxylation is 1. The molecule has 1 aromatic heterocycles. The van der Waals surface area contributed by atoms with Gasteiger partial charge in [0.05, 0.1) is 37.3 Å². The third kappa shape index (κ3) is 2.49. The zero-order chi connectivity index (χ0) is 20.0. The van der Waals surface area contributed by atoms with Crippen LogP contribution in [0.15, 0.2) is 35.1 Å². The van der Waals surface area contributed by atoms with Gasteiger partial charge in [-0.2, -0.15) is 0 Å². The molecule has 0 amide bonds. The molecule has 0 aliphatic carbocycles. The van der Waals surface area contributed by atoms with Crippen LogP contribution in [0, 0.1) is 10.1 Å². The molecule has 1 aliphatic heterocycles. The molecule has 2 heterocycles. The Morgan fingerprint density at radius 2 is 1.75 bits per heavy atom. The van der Waals surface area contributed by atoms with Crippen LogP contribution in [-0.2, 0) is 13.0 Å². The molecule has 0 spiro atoms. The van der Waals surface area contributed by atoms with Crippen LogP contribution in [-0.4, -0.2) is 30.8 Å². The Kier molecular flexibility index (Phi) is 4.18. The smallest absolute Gasteiger partial charge is 0.311 e. The van der Waals surface area contributed by atoms with E-state index in [1.54, 1.807) is 24.9 Å². The predicted octanol–water partition coefficient (Wildman–Crippen LogP) is 3.16. The number of pyridine rings is 1. The quantitative estimate of drug-likeness (QED) is 0.508. The molecular weight excluding hydrogens is 364 g/mol. The van der Waals surface area contributed by atoms with Gasteiger partial charge >= 0.3 is 5.69 Å². The first-order valence-electron chi connectivity index (χ1n) is 8.64. The molecule has 0 radical (unpaired) electrons. The lowest BCUT2D eigenvalue weighted by Crippen LogP contribution is -2.26. The number of benzene rings is 2. The largest absolute Gasteiger partial charge is 0.493 e. The van der Waals surface area contributed by atoms with Crippen molar-refractivity contribution in [3.63, 3.8) is 0 Å². The first-order chi connectivity index (χ1) is 13.5. The SMILES string of the molecule is COc1cc2c(cc1OC)-c1cc3ccc([N+](=O)[O-])c(OC)c3c(=O)n1CC2. The number of fused-ring (bicyclic) bond motifs is 4. The van der Waals surface area contributed by atoms with Gasteiger partial charge in [-0.1, -0.05) is 0 Å².